The Morgan fingerprint density at radius 1 is 0.741 bits per heavy atom. The van der Waals surface area contributed by atoms with Gasteiger partial charge in [-0.15, -0.1) is 0 Å². The zero-order valence-electron chi connectivity index (χ0n) is 13.7. The summed E-state index contributed by atoms with van der Waals surface area (Å²) in [5, 5.41) is 10.8. The highest BCUT2D eigenvalue weighted by molar-refractivity contribution is 6.31. The molecule has 7 heteroatoms. The summed E-state index contributed by atoms with van der Waals surface area (Å²) in [6.07, 6.45) is 0. The van der Waals surface area contributed by atoms with Gasteiger partial charge in [0, 0.05) is 10.0 Å². The lowest BCUT2D eigenvalue weighted by molar-refractivity contribution is 0.0678. The van der Waals surface area contributed by atoms with Crippen molar-refractivity contribution in [2.24, 2.45) is 0 Å². The number of aromatic hydroxyl groups is 1. The minimum absolute atomic E-state index is 0.115. The average molecular weight is 403 g/mol. The Morgan fingerprint density at radius 3 is 1.81 bits per heavy atom. The van der Waals surface area contributed by atoms with Crippen molar-refractivity contribution in [2.45, 2.75) is 0 Å². The van der Waals surface area contributed by atoms with Gasteiger partial charge in [0.05, 0.1) is 11.1 Å². The van der Waals surface area contributed by atoms with E-state index < -0.39 is 11.9 Å². The molecule has 0 saturated heterocycles. The van der Waals surface area contributed by atoms with Gasteiger partial charge < -0.3 is 14.6 Å². The third kappa shape index (κ3) is 4.58. The Kier molecular flexibility index (Phi) is 5.64. The van der Waals surface area contributed by atoms with Gasteiger partial charge in [-0.05, 0) is 48.5 Å². The van der Waals surface area contributed by atoms with Crippen LogP contribution in [-0.2, 0) is 0 Å². The monoisotopic (exact) mass is 402 g/mol. The van der Waals surface area contributed by atoms with Crippen molar-refractivity contribution in [3.63, 3.8) is 0 Å². The fraction of sp³-hybridized carbons (Fsp3) is 0. The SMILES string of the molecule is O=C(Oc1cccc(O)c1OC(=O)c1cccc(Cl)c1)c1cccc(Cl)c1. The minimum atomic E-state index is -0.765. The van der Waals surface area contributed by atoms with Crippen LogP contribution in [-0.4, -0.2) is 17.0 Å². The molecule has 3 rings (SSSR count). The van der Waals surface area contributed by atoms with Gasteiger partial charge in [0.15, 0.2) is 11.5 Å². The molecule has 0 aliphatic heterocycles. The minimum Gasteiger partial charge on any atom is -0.504 e. The number of halogens is 2. The van der Waals surface area contributed by atoms with Crippen LogP contribution >= 0.6 is 23.2 Å². The molecule has 3 aromatic carbocycles. The van der Waals surface area contributed by atoms with E-state index in [4.69, 9.17) is 32.7 Å². The number of phenols is 1. The van der Waals surface area contributed by atoms with Gasteiger partial charge in [0.1, 0.15) is 0 Å². The summed E-state index contributed by atoms with van der Waals surface area (Å²) in [5.41, 5.74) is 0.385. The normalized spacial score (nSPS) is 10.3. The average Bonchev–Trinajstić information content (AvgIpc) is 2.64. The van der Waals surface area contributed by atoms with Crippen LogP contribution in [0.5, 0.6) is 17.2 Å². The molecule has 0 fully saturated rings. The van der Waals surface area contributed by atoms with Crippen LogP contribution < -0.4 is 9.47 Å². The number of hydrogen-bond acceptors (Lipinski definition) is 5. The summed E-state index contributed by atoms with van der Waals surface area (Å²) in [6.45, 7) is 0. The summed E-state index contributed by atoms with van der Waals surface area (Å²) < 4.78 is 10.5. The number of esters is 2. The van der Waals surface area contributed by atoms with Crippen LogP contribution in [0.2, 0.25) is 10.0 Å². The molecule has 0 bridgehead atoms. The molecule has 0 atom stereocenters. The lowest BCUT2D eigenvalue weighted by atomic mass is 10.2. The summed E-state index contributed by atoms with van der Waals surface area (Å²) in [7, 11) is 0. The van der Waals surface area contributed by atoms with Gasteiger partial charge in [0.25, 0.3) is 0 Å². The highest BCUT2D eigenvalue weighted by atomic mass is 35.5. The number of ether oxygens (including phenoxy) is 2. The molecule has 0 spiro atoms. The van der Waals surface area contributed by atoms with E-state index in [2.05, 4.69) is 0 Å². The lowest BCUT2D eigenvalue weighted by Crippen LogP contribution is -2.12. The predicted octanol–water partition coefficient (Wildman–Crippen LogP) is 5.14. The third-order valence-electron chi connectivity index (χ3n) is 3.48. The molecule has 0 aliphatic rings. The maximum atomic E-state index is 12.3. The summed E-state index contributed by atoms with van der Waals surface area (Å²) in [6, 6.07) is 16.4. The smallest absolute Gasteiger partial charge is 0.343 e. The second-order valence-electron chi connectivity index (χ2n) is 5.40. The number of para-hydroxylation sites is 1. The quantitative estimate of drug-likeness (QED) is 0.483. The molecular weight excluding hydrogens is 391 g/mol. The zero-order chi connectivity index (χ0) is 19.4. The van der Waals surface area contributed by atoms with Crippen molar-refractivity contribution in [3.05, 3.63) is 87.9 Å². The van der Waals surface area contributed by atoms with Crippen molar-refractivity contribution < 1.29 is 24.2 Å². The Balaban J connectivity index is 1.86. The molecule has 5 nitrogen and oxygen atoms in total. The second kappa shape index (κ2) is 8.12. The molecule has 0 aliphatic carbocycles. The van der Waals surface area contributed by atoms with E-state index in [9.17, 15) is 14.7 Å². The standard InChI is InChI=1S/C20H12Cl2O5/c21-14-6-1-4-12(10-14)19(24)26-17-9-3-8-16(23)18(17)27-20(25)13-5-2-7-15(22)11-13/h1-11,23H. The van der Waals surface area contributed by atoms with Gasteiger partial charge in [-0.2, -0.15) is 0 Å². The van der Waals surface area contributed by atoms with Gasteiger partial charge in [0.2, 0.25) is 5.75 Å². The molecule has 0 radical (unpaired) electrons. The van der Waals surface area contributed by atoms with Gasteiger partial charge in [-0.1, -0.05) is 41.4 Å². The molecule has 0 saturated carbocycles. The van der Waals surface area contributed by atoms with Crippen LogP contribution in [0, 0.1) is 0 Å². The van der Waals surface area contributed by atoms with Crippen LogP contribution in [0.3, 0.4) is 0 Å². The first-order valence-corrected chi connectivity index (χ1v) is 8.47. The first-order valence-electron chi connectivity index (χ1n) is 7.71. The first kappa shape index (κ1) is 18.8. The van der Waals surface area contributed by atoms with E-state index in [0.717, 1.165) is 0 Å². The second-order valence-corrected chi connectivity index (χ2v) is 6.28. The van der Waals surface area contributed by atoms with Crippen LogP contribution in [0.25, 0.3) is 0 Å². The molecule has 0 aromatic heterocycles. The number of carbonyl (C=O) groups excluding carboxylic acids is 2. The third-order valence-corrected chi connectivity index (χ3v) is 3.95. The van der Waals surface area contributed by atoms with Crippen LogP contribution in [0.15, 0.2) is 66.7 Å². The predicted molar refractivity (Wildman–Crippen MR) is 101 cm³/mol. The van der Waals surface area contributed by atoms with Crippen molar-refractivity contribution in [3.8, 4) is 17.2 Å². The number of hydrogen-bond donors (Lipinski definition) is 1. The highest BCUT2D eigenvalue weighted by Crippen LogP contribution is 2.37. The maximum Gasteiger partial charge on any atom is 0.343 e. The van der Waals surface area contributed by atoms with Crippen molar-refractivity contribution in [2.75, 3.05) is 0 Å². The fourth-order valence-corrected chi connectivity index (χ4v) is 2.61. The zero-order valence-corrected chi connectivity index (χ0v) is 15.2. The number of rotatable bonds is 4. The van der Waals surface area contributed by atoms with Crippen LogP contribution in [0.1, 0.15) is 20.7 Å². The molecule has 136 valence electrons. The van der Waals surface area contributed by atoms with E-state index in [1.807, 2.05) is 0 Å². The molecular formula is C20H12Cl2O5. The van der Waals surface area contributed by atoms with Crippen molar-refractivity contribution >= 4 is 35.1 Å². The number of phenolic OH excluding ortho intramolecular Hbond substituents is 1. The molecule has 0 heterocycles. The van der Waals surface area contributed by atoms with Gasteiger partial charge in [-0.3, -0.25) is 0 Å². The van der Waals surface area contributed by atoms with E-state index in [0.29, 0.717) is 10.0 Å². The molecule has 0 unspecified atom stereocenters. The largest absolute Gasteiger partial charge is 0.504 e. The summed E-state index contributed by atoms with van der Waals surface area (Å²) >= 11 is 11.7. The van der Waals surface area contributed by atoms with Gasteiger partial charge >= 0.3 is 11.9 Å². The van der Waals surface area contributed by atoms with Crippen LogP contribution in [0.4, 0.5) is 0 Å². The molecule has 27 heavy (non-hydrogen) atoms. The van der Waals surface area contributed by atoms with E-state index in [1.165, 1.54) is 42.5 Å². The molecule has 1 N–H and O–H groups in total. The number of carbonyl (C=O) groups is 2. The van der Waals surface area contributed by atoms with E-state index in [-0.39, 0.29) is 28.4 Å². The van der Waals surface area contributed by atoms with Crippen molar-refractivity contribution in [1.82, 2.24) is 0 Å². The topological polar surface area (TPSA) is 72.8 Å². The first-order chi connectivity index (χ1) is 12.9. The van der Waals surface area contributed by atoms with E-state index in [1.54, 1.807) is 24.3 Å². The lowest BCUT2D eigenvalue weighted by Gasteiger charge is -2.12. The summed E-state index contributed by atoms with van der Waals surface area (Å²) in [5.74, 6) is -2.24. The Bertz CT molecular complexity index is 1020. The number of benzene rings is 3. The Morgan fingerprint density at radius 2 is 1.26 bits per heavy atom. The fourth-order valence-electron chi connectivity index (χ4n) is 2.23. The molecule has 3 aromatic rings. The van der Waals surface area contributed by atoms with Gasteiger partial charge in [-0.25, -0.2) is 9.59 Å². The van der Waals surface area contributed by atoms with Crippen molar-refractivity contribution in [1.29, 1.82) is 0 Å². The Hall–Kier alpha value is -3.02. The summed E-state index contributed by atoms with van der Waals surface area (Å²) in [4.78, 5) is 24.6. The Labute approximate surface area is 164 Å². The maximum absolute atomic E-state index is 12.3. The molecule has 0 amide bonds. The van der Waals surface area contributed by atoms with E-state index >= 15 is 0 Å². The highest BCUT2D eigenvalue weighted by Gasteiger charge is 2.19.